The van der Waals surface area contributed by atoms with Gasteiger partial charge in [-0.1, -0.05) is 6.07 Å². The number of thiocarbonyl (C=S) groups is 1. The molecule has 1 aromatic rings. The average Bonchev–Trinajstić information content (AvgIpc) is 2.44. The van der Waals surface area contributed by atoms with Crippen LogP contribution < -0.4 is 20.6 Å². The topological polar surface area (TPSA) is 78.1 Å². The van der Waals surface area contributed by atoms with Crippen molar-refractivity contribution >= 4 is 23.5 Å². The van der Waals surface area contributed by atoms with Gasteiger partial charge in [-0.25, -0.2) is 0 Å². The van der Waals surface area contributed by atoms with E-state index in [4.69, 9.17) is 19.9 Å². The third kappa shape index (κ3) is 5.41. The summed E-state index contributed by atoms with van der Waals surface area (Å²) in [5.74, 6) is 1.23. The predicted octanol–water partition coefficient (Wildman–Crippen LogP) is 1.28. The number of ether oxygens (including phenoxy) is 3. The number of rotatable bonds is 8. The van der Waals surface area contributed by atoms with Crippen LogP contribution in [0.15, 0.2) is 23.3 Å². The maximum Gasteiger partial charge on any atom is 0.184 e. The summed E-state index contributed by atoms with van der Waals surface area (Å²) in [5, 5.41) is 4.01. The highest BCUT2D eigenvalue weighted by molar-refractivity contribution is 7.80. The van der Waals surface area contributed by atoms with Crippen LogP contribution in [0.3, 0.4) is 0 Å². The van der Waals surface area contributed by atoms with E-state index in [1.807, 2.05) is 25.1 Å². The molecule has 0 aliphatic carbocycles. The van der Waals surface area contributed by atoms with Crippen LogP contribution in [0.25, 0.3) is 0 Å². The third-order valence-electron chi connectivity index (χ3n) is 2.29. The highest BCUT2D eigenvalue weighted by Gasteiger charge is 2.09. The summed E-state index contributed by atoms with van der Waals surface area (Å²) < 4.78 is 16.2. The normalized spacial score (nSPS) is 10.5. The highest BCUT2D eigenvalue weighted by Crippen LogP contribution is 2.29. The Balaban J connectivity index is 2.80. The molecule has 110 valence electrons. The molecule has 1 aromatic carbocycles. The van der Waals surface area contributed by atoms with Gasteiger partial charge in [-0.2, -0.15) is 5.10 Å². The lowest BCUT2D eigenvalue weighted by Crippen LogP contribution is -2.24. The summed E-state index contributed by atoms with van der Waals surface area (Å²) in [6, 6.07) is 5.51. The van der Waals surface area contributed by atoms with E-state index in [0.717, 1.165) is 5.56 Å². The Labute approximate surface area is 123 Å². The Hall–Kier alpha value is -1.86. The minimum absolute atomic E-state index is 0.1000. The number of nitrogens with two attached hydrogens (primary N) is 1. The molecule has 1 rings (SSSR count). The number of para-hydroxylation sites is 1. The van der Waals surface area contributed by atoms with E-state index >= 15 is 0 Å². The van der Waals surface area contributed by atoms with Crippen molar-refractivity contribution in [1.29, 1.82) is 0 Å². The molecule has 3 N–H and O–H groups in total. The molecule has 0 heterocycles. The lowest BCUT2D eigenvalue weighted by molar-refractivity contribution is 0.109. The third-order valence-corrected chi connectivity index (χ3v) is 2.38. The van der Waals surface area contributed by atoms with E-state index in [9.17, 15) is 0 Å². The van der Waals surface area contributed by atoms with Crippen molar-refractivity contribution in [3.8, 4) is 11.5 Å². The van der Waals surface area contributed by atoms with Crippen LogP contribution in [0.4, 0.5) is 0 Å². The molecule has 0 fully saturated rings. The van der Waals surface area contributed by atoms with E-state index in [1.54, 1.807) is 13.3 Å². The van der Waals surface area contributed by atoms with Crippen LogP contribution in [-0.4, -0.2) is 38.3 Å². The van der Waals surface area contributed by atoms with E-state index in [-0.39, 0.29) is 5.11 Å². The van der Waals surface area contributed by atoms with Crippen molar-refractivity contribution in [1.82, 2.24) is 5.43 Å². The lowest BCUT2D eigenvalue weighted by atomic mass is 10.2. The van der Waals surface area contributed by atoms with Crippen molar-refractivity contribution in [2.24, 2.45) is 10.8 Å². The smallest absolute Gasteiger partial charge is 0.184 e. The first-order valence-corrected chi connectivity index (χ1v) is 6.56. The molecular weight excluding hydrogens is 278 g/mol. The Bertz CT molecular complexity index is 466. The van der Waals surface area contributed by atoms with Crippen molar-refractivity contribution in [2.45, 2.75) is 6.92 Å². The zero-order valence-corrected chi connectivity index (χ0v) is 12.4. The molecule has 0 saturated heterocycles. The number of hydrazone groups is 1. The molecular formula is C13H19N3O3S. The molecule has 0 amide bonds. The second kappa shape index (κ2) is 9.11. The van der Waals surface area contributed by atoms with E-state index in [0.29, 0.717) is 31.3 Å². The van der Waals surface area contributed by atoms with Crippen molar-refractivity contribution in [3.05, 3.63) is 23.8 Å². The van der Waals surface area contributed by atoms with Crippen molar-refractivity contribution in [3.63, 3.8) is 0 Å². The highest BCUT2D eigenvalue weighted by atomic mass is 32.1. The Morgan fingerprint density at radius 1 is 1.45 bits per heavy atom. The fourth-order valence-electron chi connectivity index (χ4n) is 1.46. The van der Waals surface area contributed by atoms with Gasteiger partial charge in [-0.3, -0.25) is 5.43 Å². The maximum atomic E-state index is 5.69. The molecule has 0 atom stereocenters. The second-order valence-corrected chi connectivity index (χ2v) is 4.10. The molecule has 0 spiro atoms. The average molecular weight is 297 g/mol. The summed E-state index contributed by atoms with van der Waals surface area (Å²) in [5.41, 5.74) is 8.55. The number of benzene rings is 1. The summed E-state index contributed by atoms with van der Waals surface area (Å²) in [4.78, 5) is 0. The van der Waals surface area contributed by atoms with Gasteiger partial charge in [-0.05, 0) is 31.3 Å². The van der Waals surface area contributed by atoms with Crippen LogP contribution in [0.5, 0.6) is 11.5 Å². The molecule has 0 bridgehead atoms. The van der Waals surface area contributed by atoms with Crippen LogP contribution in [-0.2, 0) is 4.74 Å². The first kappa shape index (κ1) is 16.2. The predicted molar refractivity (Wildman–Crippen MR) is 82.5 cm³/mol. The number of hydrogen-bond acceptors (Lipinski definition) is 5. The fourth-order valence-corrected chi connectivity index (χ4v) is 1.51. The maximum absolute atomic E-state index is 5.69. The quantitative estimate of drug-likeness (QED) is 0.326. The van der Waals surface area contributed by atoms with Crippen LogP contribution in [0.1, 0.15) is 12.5 Å². The van der Waals surface area contributed by atoms with Gasteiger partial charge in [0.1, 0.15) is 6.61 Å². The molecule has 6 nitrogen and oxygen atoms in total. The zero-order chi connectivity index (χ0) is 14.8. The minimum atomic E-state index is 0.1000. The van der Waals surface area contributed by atoms with Gasteiger partial charge in [0.2, 0.25) is 0 Å². The molecule has 0 aromatic heterocycles. The first-order chi connectivity index (χ1) is 9.69. The molecule has 0 unspecified atom stereocenters. The van der Waals surface area contributed by atoms with Crippen molar-refractivity contribution < 1.29 is 14.2 Å². The summed E-state index contributed by atoms with van der Waals surface area (Å²) in [6.07, 6.45) is 1.57. The van der Waals surface area contributed by atoms with Crippen LogP contribution in [0.2, 0.25) is 0 Å². The van der Waals surface area contributed by atoms with Crippen LogP contribution in [0, 0.1) is 0 Å². The SMILES string of the molecule is CCOCCOc1c(C=NNC(N)=S)cccc1OC. The van der Waals surface area contributed by atoms with Gasteiger partial charge in [0.15, 0.2) is 16.6 Å². The monoisotopic (exact) mass is 297 g/mol. The molecule has 0 aliphatic heterocycles. The van der Waals surface area contributed by atoms with Gasteiger partial charge in [0.05, 0.1) is 19.9 Å². The van der Waals surface area contributed by atoms with Gasteiger partial charge >= 0.3 is 0 Å². The Morgan fingerprint density at radius 2 is 2.25 bits per heavy atom. The van der Waals surface area contributed by atoms with Gasteiger partial charge < -0.3 is 19.9 Å². The number of nitrogens with one attached hydrogen (secondary N) is 1. The standard InChI is InChI=1S/C13H19N3O3S/c1-3-18-7-8-19-12-10(9-15-16-13(14)20)5-4-6-11(12)17-2/h4-6,9H,3,7-8H2,1-2H3,(H3,14,16,20). The molecule has 0 saturated carbocycles. The lowest BCUT2D eigenvalue weighted by Gasteiger charge is -2.13. The number of methoxy groups -OCH3 is 1. The molecule has 0 radical (unpaired) electrons. The molecule has 7 heteroatoms. The molecule has 20 heavy (non-hydrogen) atoms. The van der Waals surface area contributed by atoms with Gasteiger partial charge in [-0.15, -0.1) is 0 Å². The minimum Gasteiger partial charge on any atom is -0.493 e. The first-order valence-electron chi connectivity index (χ1n) is 6.15. The van der Waals surface area contributed by atoms with E-state index in [2.05, 4.69) is 22.7 Å². The summed E-state index contributed by atoms with van der Waals surface area (Å²) in [7, 11) is 1.58. The largest absolute Gasteiger partial charge is 0.493 e. The molecule has 0 aliphatic rings. The second-order valence-electron chi connectivity index (χ2n) is 3.66. The summed E-state index contributed by atoms with van der Waals surface area (Å²) >= 11 is 4.67. The van der Waals surface area contributed by atoms with E-state index in [1.165, 1.54) is 0 Å². The van der Waals surface area contributed by atoms with Gasteiger partial charge in [0.25, 0.3) is 0 Å². The Morgan fingerprint density at radius 3 is 2.90 bits per heavy atom. The number of nitrogens with zero attached hydrogens (tertiary/aromatic N) is 1. The fraction of sp³-hybridized carbons (Fsp3) is 0.385. The van der Waals surface area contributed by atoms with Crippen LogP contribution >= 0.6 is 12.2 Å². The Kier molecular flexibility index (Phi) is 7.38. The number of hydrogen-bond donors (Lipinski definition) is 2. The summed E-state index contributed by atoms with van der Waals surface area (Å²) in [6.45, 7) is 3.53. The van der Waals surface area contributed by atoms with Crippen molar-refractivity contribution in [2.75, 3.05) is 26.9 Å². The van der Waals surface area contributed by atoms with Gasteiger partial charge in [0, 0.05) is 12.2 Å². The van der Waals surface area contributed by atoms with E-state index < -0.39 is 0 Å². The zero-order valence-electron chi connectivity index (χ0n) is 11.6.